The van der Waals surface area contributed by atoms with Crippen molar-refractivity contribution in [3.05, 3.63) is 42.2 Å². The van der Waals surface area contributed by atoms with Crippen molar-refractivity contribution in [2.75, 3.05) is 13.1 Å². The van der Waals surface area contributed by atoms with Gasteiger partial charge in [-0.15, -0.1) is 5.10 Å². The zero-order valence-electron chi connectivity index (χ0n) is 10.8. The van der Waals surface area contributed by atoms with Crippen molar-refractivity contribution in [1.29, 1.82) is 0 Å². The molecular formula is C12H12N4O4S. The Balaban J connectivity index is 1.72. The van der Waals surface area contributed by atoms with Gasteiger partial charge in [-0.25, -0.2) is 17.9 Å². The van der Waals surface area contributed by atoms with Crippen LogP contribution in [-0.2, 0) is 10.0 Å². The van der Waals surface area contributed by atoms with Crippen LogP contribution in [0.5, 0.6) is 0 Å². The summed E-state index contributed by atoms with van der Waals surface area (Å²) in [5, 5.41) is 16.0. The highest BCUT2D eigenvalue weighted by Crippen LogP contribution is 2.27. The van der Waals surface area contributed by atoms with E-state index in [0.29, 0.717) is 0 Å². The molecule has 0 bridgehead atoms. The number of aromatic nitrogens is 3. The van der Waals surface area contributed by atoms with Crippen LogP contribution in [0, 0.1) is 0 Å². The number of carboxylic acid groups (broad SMARTS) is 1. The number of carboxylic acids is 1. The van der Waals surface area contributed by atoms with E-state index in [9.17, 15) is 13.2 Å². The first-order valence-corrected chi connectivity index (χ1v) is 7.63. The predicted octanol–water partition coefficient (Wildman–Crippen LogP) is 0.222. The Morgan fingerprint density at radius 2 is 1.90 bits per heavy atom. The van der Waals surface area contributed by atoms with Gasteiger partial charge < -0.3 is 5.11 Å². The van der Waals surface area contributed by atoms with Gasteiger partial charge in [0, 0.05) is 13.1 Å². The fraction of sp³-hybridized carbons (Fsp3) is 0.250. The third kappa shape index (κ3) is 2.41. The van der Waals surface area contributed by atoms with Gasteiger partial charge in [-0.2, -0.15) is 4.31 Å². The molecule has 0 atom stereocenters. The lowest BCUT2D eigenvalue weighted by Gasteiger charge is -2.37. The molecule has 2 aromatic rings. The zero-order chi connectivity index (χ0) is 15.0. The SMILES string of the molecule is O=C(O)c1cn(C2CN(S(=O)(=O)c3ccccc3)C2)nn1. The lowest BCUT2D eigenvalue weighted by Crippen LogP contribution is -2.50. The van der Waals surface area contributed by atoms with Crippen LogP contribution in [-0.4, -0.2) is 51.9 Å². The summed E-state index contributed by atoms with van der Waals surface area (Å²) in [6, 6.07) is 7.98. The van der Waals surface area contributed by atoms with E-state index in [-0.39, 0.29) is 29.7 Å². The topological polar surface area (TPSA) is 105 Å². The number of rotatable bonds is 4. The lowest BCUT2D eigenvalue weighted by molar-refractivity contribution is 0.0690. The molecule has 1 N–H and O–H groups in total. The van der Waals surface area contributed by atoms with Crippen molar-refractivity contribution in [3.8, 4) is 0 Å². The van der Waals surface area contributed by atoms with E-state index in [1.54, 1.807) is 30.3 Å². The second-order valence-corrected chi connectivity index (χ2v) is 6.62. The molecule has 3 rings (SSSR count). The minimum absolute atomic E-state index is 0.153. The van der Waals surface area contributed by atoms with Crippen LogP contribution >= 0.6 is 0 Å². The number of hydrogen-bond acceptors (Lipinski definition) is 5. The molecule has 1 aliphatic rings. The Kier molecular flexibility index (Phi) is 3.22. The van der Waals surface area contributed by atoms with E-state index in [2.05, 4.69) is 10.3 Å². The Hall–Kier alpha value is -2.26. The van der Waals surface area contributed by atoms with Crippen LogP contribution < -0.4 is 0 Å². The first-order valence-electron chi connectivity index (χ1n) is 6.19. The third-order valence-corrected chi connectivity index (χ3v) is 5.16. The van der Waals surface area contributed by atoms with E-state index in [4.69, 9.17) is 5.11 Å². The third-order valence-electron chi connectivity index (χ3n) is 3.31. The fourth-order valence-electron chi connectivity index (χ4n) is 2.07. The molecule has 1 aromatic carbocycles. The van der Waals surface area contributed by atoms with Crippen LogP contribution in [0.4, 0.5) is 0 Å². The average Bonchev–Trinajstić information content (AvgIpc) is 2.87. The Labute approximate surface area is 120 Å². The number of nitrogens with zero attached hydrogens (tertiary/aromatic N) is 4. The molecule has 1 saturated heterocycles. The standard InChI is InChI=1S/C12H12N4O4S/c17-12(18)11-8-16(14-13-11)9-6-15(7-9)21(19,20)10-4-2-1-3-5-10/h1-5,8-9H,6-7H2,(H,17,18). The van der Waals surface area contributed by atoms with Crippen molar-refractivity contribution >= 4 is 16.0 Å². The highest BCUT2D eigenvalue weighted by atomic mass is 32.2. The number of aromatic carboxylic acids is 1. The molecule has 0 aliphatic carbocycles. The molecule has 2 heterocycles. The molecule has 0 unspecified atom stereocenters. The smallest absolute Gasteiger partial charge is 0.358 e. The molecule has 110 valence electrons. The molecule has 1 aromatic heterocycles. The minimum atomic E-state index is -3.50. The summed E-state index contributed by atoms with van der Waals surface area (Å²) in [7, 11) is -3.50. The number of carbonyl (C=O) groups is 1. The molecule has 1 aliphatic heterocycles. The van der Waals surface area contributed by atoms with Crippen molar-refractivity contribution in [2.45, 2.75) is 10.9 Å². The van der Waals surface area contributed by atoms with Crippen LogP contribution in [0.15, 0.2) is 41.4 Å². The number of benzene rings is 1. The largest absolute Gasteiger partial charge is 0.476 e. The summed E-state index contributed by atoms with van der Waals surface area (Å²) >= 11 is 0. The Bertz CT molecular complexity index is 766. The molecule has 1 fully saturated rings. The van der Waals surface area contributed by atoms with E-state index in [1.165, 1.54) is 15.2 Å². The second kappa shape index (κ2) is 4.93. The van der Waals surface area contributed by atoms with Crippen molar-refractivity contribution in [3.63, 3.8) is 0 Å². The lowest BCUT2D eigenvalue weighted by atomic mass is 10.2. The normalized spacial score (nSPS) is 16.6. The molecule has 21 heavy (non-hydrogen) atoms. The molecule has 9 heteroatoms. The van der Waals surface area contributed by atoms with Crippen LogP contribution in [0.1, 0.15) is 16.5 Å². The maximum atomic E-state index is 12.3. The maximum absolute atomic E-state index is 12.3. The molecule has 8 nitrogen and oxygen atoms in total. The maximum Gasteiger partial charge on any atom is 0.358 e. The summed E-state index contributed by atoms with van der Waals surface area (Å²) in [4.78, 5) is 11.0. The quantitative estimate of drug-likeness (QED) is 0.866. The first-order chi connectivity index (χ1) is 9.98. The van der Waals surface area contributed by atoms with E-state index in [0.717, 1.165) is 0 Å². The Morgan fingerprint density at radius 1 is 1.24 bits per heavy atom. The molecule has 0 spiro atoms. The predicted molar refractivity (Wildman–Crippen MR) is 71.2 cm³/mol. The summed E-state index contributed by atoms with van der Waals surface area (Å²) in [5.41, 5.74) is -0.153. The van der Waals surface area contributed by atoms with Gasteiger partial charge in [0.15, 0.2) is 5.69 Å². The molecular weight excluding hydrogens is 296 g/mol. The Morgan fingerprint density at radius 3 is 2.48 bits per heavy atom. The molecule has 0 saturated carbocycles. The van der Waals surface area contributed by atoms with Gasteiger partial charge in [0.1, 0.15) is 0 Å². The average molecular weight is 308 g/mol. The minimum Gasteiger partial charge on any atom is -0.476 e. The first kappa shape index (κ1) is 13.7. The van der Waals surface area contributed by atoms with Gasteiger partial charge >= 0.3 is 5.97 Å². The monoisotopic (exact) mass is 308 g/mol. The highest BCUT2D eigenvalue weighted by Gasteiger charge is 2.38. The van der Waals surface area contributed by atoms with Crippen LogP contribution in [0.25, 0.3) is 0 Å². The van der Waals surface area contributed by atoms with Crippen molar-refractivity contribution in [1.82, 2.24) is 19.3 Å². The van der Waals surface area contributed by atoms with Crippen LogP contribution in [0.2, 0.25) is 0 Å². The summed E-state index contributed by atoms with van der Waals surface area (Å²) in [6.45, 7) is 0.499. The highest BCUT2D eigenvalue weighted by molar-refractivity contribution is 7.89. The van der Waals surface area contributed by atoms with Crippen molar-refractivity contribution < 1.29 is 18.3 Å². The van der Waals surface area contributed by atoms with Crippen LogP contribution in [0.3, 0.4) is 0 Å². The second-order valence-electron chi connectivity index (χ2n) is 4.68. The van der Waals surface area contributed by atoms with Gasteiger partial charge in [0.25, 0.3) is 0 Å². The van der Waals surface area contributed by atoms with E-state index >= 15 is 0 Å². The van der Waals surface area contributed by atoms with Crippen molar-refractivity contribution in [2.24, 2.45) is 0 Å². The van der Waals surface area contributed by atoms with E-state index in [1.807, 2.05) is 0 Å². The zero-order valence-corrected chi connectivity index (χ0v) is 11.6. The van der Waals surface area contributed by atoms with Gasteiger partial charge in [0.05, 0.1) is 17.1 Å². The van der Waals surface area contributed by atoms with Gasteiger partial charge in [0.2, 0.25) is 10.0 Å². The molecule has 0 radical (unpaired) electrons. The van der Waals surface area contributed by atoms with E-state index < -0.39 is 16.0 Å². The summed E-state index contributed by atoms with van der Waals surface area (Å²) < 4.78 is 27.3. The van der Waals surface area contributed by atoms with Gasteiger partial charge in [-0.1, -0.05) is 23.4 Å². The summed E-state index contributed by atoms with van der Waals surface area (Å²) in [6.07, 6.45) is 1.31. The fourth-order valence-corrected chi connectivity index (χ4v) is 3.61. The number of hydrogen-bond donors (Lipinski definition) is 1. The number of sulfonamides is 1. The molecule has 0 amide bonds. The van der Waals surface area contributed by atoms with Gasteiger partial charge in [-0.3, -0.25) is 0 Å². The van der Waals surface area contributed by atoms with Gasteiger partial charge in [-0.05, 0) is 12.1 Å². The summed E-state index contributed by atoms with van der Waals surface area (Å²) in [5.74, 6) is -1.16.